The van der Waals surface area contributed by atoms with Crippen LogP contribution < -0.4 is 0 Å². The molecule has 2 aromatic carbocycles. The Morgan fingerprint density at radius 1 is 1.11 bits per heavy atom. The molecule has 1 aliphatic rings. The first-order valence-electron chi connectivity index (χ1n) is 6.49. The highest BCUT2D eigenvalue weighted by Crippen LogP contribution is 2.25. The second-order valence-corrected chi connectivity index (χ2v) is 5.42. The summed E-state index contributed by atoms with van der Waals surface area (Å²) in [6.07, 6.45) is 1.10. The molecule has 0 saturated carbocycles. The normalized spacial score (nSPS) is 15.2. The van der Waals surface area contributed by atoms with Crippen LogP contribution in [0.5, 0.6) is 5.75 Å². The lowest BCUT2D eigenvalue weighted by atomic mass is 9.99. The van der Waals surface area contributed by atoms with Gasteiger partial charge in [-0.3, -0.25) is 4.90 Å². The number of rotatable bonds is 2. The third-order valence-electron chi connectivity index (χ3n) is 3.63. The summed E-state index contributed by atoms with van der Waals surface area (Å²) in [6.45, 7) is 2.92. The Bertz CT molecular complexity index is 597. The number of halogens is 1. The Labute approximate surface area is 118 Å². The lowest BCUT2D eigenvalue weighted by molar-refractivity contribution is 0.245. The van der Waals surface area contributed by atoms with Gasteiger partial charge in [-0.05, 0) is 35.2 Å². The zero-order valence-corrected chi connectivity index (χ0v) is 11.4. The Morgan fingerprint density at radius 3 is 2.68 bits per heavy atom. The molecule has 2 nitrogen and oxygen atoms in total. The molecule has 19 heavy (non-hydrogen) atoms. The second kappa shape index (κ2) is 5.24. The van der Waals surface area contributed by atoms with Gasteiger partial charge in [-0.2, -0.15) is 0 Å². The number of hydrogen-bond acceptors (Lipinski definition) is 2. The van der Waals surface area contributed by atoms with Crippen molar-refractivity contribution in [2.24, 2.45) is 0 Å². The molecular weight excluding hydrogens is 258 g/mol. The van der Waals surface area contributed by atoms with Crippen LogP contribution in [0.4, 0.5) is 0 Å². The van der Waals surface area contributed by atoms with Gasteiger partial charge in [0.05, 0.1) is 5.02 Å². The van der Waals surface area contributed by atoms with Crippen molar-refractivity contribution in [1.82, 2.24) is 4.90 Å². The van der Waals surface area contributed by atoms with Crippen molar-refractivity contribution in [3.63, 3.8) is 0 Å². The molecule has 0 amide bonds. The number of phenols is 1. The van der Waals surface area contributed by atoms with Crippen molar-refractivity contribution in [1.29, 1.82) is 0 Å². The predicted molar refractivity (Wildman–Crippen MR) is 77.4 cm³/mol. The highest BCUT2D eigenvalue weighted by atomic mass is 35.5. The van der Waals surface area contributed by atoms with E-state index in [0.29, 0.717) is 5.02 Å². The van der Waals surface area contributed by atoms with Gasteiger partial charge in [0.15, 0.2) is 0 Å². The zero-order valence-electron chi connectivity index (χ0n) is 10.6. The Kier molecular flexibility index (Phi) is 3.45. The maximum absolute atomic E-state index is 9.43. The second-order valence-electron chi connectivity index (χ2n) is 5.02. The predicted octanol–water partition coefficient (Wildman–Crippen LogP) is 3.60. The molecule has 0 spiro atoms. The SMILES string of the molecule is Oc1ccc(CN2CCc3ccccc3C2)cc1Cl. The Morgan fingerprint density at radius 2 is 1.89 bits per heavy atom. The molecular formula is C16H16ClNO. The van der Waals surface area contributed by atoms with E-state index in [1.807, 2.05) is 12.1 Å². The number of aromatic hydroxyl groups is 1. The Hall–Kier alpha value is -1.51. The van der Waals surface area contributed by atoms with Crippen LogP contribution in [-0.2, 0) is 19.5 Å². The van der Waals surface area contributed by atoms with Crippen LogP contribution in [0.2, 0.25) is 5.02 Å². The van der Waals surface area contributed by atoms with Crippen molar-refractivity contribution in [2.45, 2.75) is 19.5 Å². The first kappa shape index (κ1) is 12.5. The van der Waals surface area contributed by atoms with Gasteiger partial charge in [0, 0.05) is 19.6 Å². The summed E-state index contributed by atoms with van der Waals surface area (Å²) in [5.74, 6) is 0.148. The van der Waals surface area contributed by atoms with E-state index in [0.717, 1.165) is 31.6 Å². The Balaban J connectivity index is 1.73. The molecule has 0 fully saturated rings. The van der Waals surface area contributed by atoms with Crippen molar-refractivity contribution in [3.05, 3.63) is 64.2 Å². The fourth-order valence-corrected chi connectivity index (χ4v) is 2.80. The molecule has 2 aromatic rings. The van der Waals surface area contributed by atoms with Gasteiger partial charge < -0.3 is 5.11 Å². The minimum atomic E-state index is 0.148. The van der Waals surface area contributed by atoms with Gasteiger partial charge in [0.25, 0.3) is 0 Å². The monoisotopic (exact) mass is 273 g/mol. The lowest BCUT2D eigenvalue weighted by Gasteiger charge is -2.28. The number of hydrogen-bond donors (Lipinski definition) is 1. The van der Waals surface area contributed by atoms with E-state index >= 15 is 0 Å². The smallest absolute Gasteiger partial charge is 0.134 e. The summed E-state index contributed by atoms with van der Waals surface area (Å²) in [5.41, 5.74) is 4.02. The van der Waals surface area contributed by atoms with E-state index in [2.05, 4.69) is 29.2 Å². The standard InChI is InChI=1S/C16H16ClNO/c17-15-9-12(5-6-16(15)19)10-18-8-7-13-3-1-2-4-14(13)11-18/h1-6,9,19H,7-8,10-11H2. The van der Waals surface area contributed by atoms with Crippen LogP contribution in [0, 0.1) is 0 Å². The van der Waals surface area contributed by atoms with Crippen molar-refractivity contribution in [2.75, 3.05) is 6.54 Å². The summed E-state index contributed by atoms with van der Waals surface area (Å²) < 4.78 is 0. The summed E-state index contributed by atoms with van der Waals surface area (Å²) in [5, 5.41) is 9.86. The molecule has 0 atom stereocenters. The molecule has 0 bridgehead atoms. The minimum Gasteiger partial charge on any atom is -0.506 e. The summed E-state index contributed by atoms with van der Waals surface area (Å²) in [7, 11) is 0. The fraction of sp³-hybridized carbons (Fsp3) is 0.250. The first-order chi connectivity index (χ1) is 9.22. The van der Waals surface area contributed by atoms with Gasteiger partial charge in [-0.25, -0.2) is 0 Å². The maximum Gasteiger partial charge on any atom is 0.134 e. The highest BCUT2D eigenvalue weighted by Gasteiger charge is 2.15. The number of benzene rings is 2. The van der Waals surface area contributed by atoms with Gasteiger partial charge >= 0.3 is 0 Å². The van der Waals surface area contributed by atoms with Crippen LogP contribution in [0.1, 0.15) is 16.7 Å². The largest absolute Gasteiger partial charge is 0.506 e. The average Bonchev–Trinajstić information content (AvgIpc) is 2.43. The van der Waals surface area contributed by atoms with Crippen LogP contribution >= 0.6 is 11.6 Å². The van der Waals surface area contributed by atoms with E-state index in [1.54, 1.807) is 6.07 Å². The van der Waals surface area contributed by atoms with Crippen molar-refractivity contribution in [3.8, 4) is 5.75 Å². The third kappa shape index (κ3) is 2.75. The van der Waals surface area contributed by atoms with E-state index in [-0.39, 0.29) is 5.75 Å². The maximum atomic E-state index is 9.43. The number of nitrogens with zero attached hydrogens (tertiary/aromatic N) is 1. The fourth-order valence-electron chi connectivity index (χ4n) is 2.60. The molecule has 3 rings (SSSR count). The van der Waals surface area contributed by atoms with Gasteiger partial charge in [0.1, 0.15) is 5.75 Å². The van der Waals surface area contributed by atoms with Crippen molar-refractivity contribution < 1.29 is 5.11 Å². The quantitative estimate of drug-likeness (QED) is 0.904. The van der Waals surface area contributed by atoms with Crippen LogP contribution in [0.15, 0.2) is 42.5 Å². The average molecular weight is 274 g/mol. The van der Waals surface area contributed by atoms with E-state index < -0.39 is 0 Å². The van der Waals surface area contributed by atoms with E-state index in [9.17, 15) is 5.11 Å². The van der Waals surface area contributed by atoms with Gasteiger partial charge in [-0.15, -0.1) is 0 Å². The molecule has 0 aliphatic carbocycles. The van der Waals surface area contributed by atoms with Crippen LogP contribution in [-0.4, -0.2) is 16.6 Å². The van der Waals surface area contributed by atoms with Gasteiger partial charge in [0.2, 0.25) is 0 Å². The molecule has 0 radical (unpaired) electrons. The molecule has 3 heteroatoms. The molecule has 0 unspecified atom stereocenters. The summed E-state index contributed by atoms with van der Waals surface area (Å²) in [6, 6.07) is 14.1. The first-order valence-corrected chi connectivity index (χ1v) is 6.87. The molecule has 98 valence electrons. The topological polar surface area (TPSA) is 23.5 Å². The van der Waals surface area contributed by atoms with Crippen LogP contribution in [0.25, 0.3) is 0 Å². The molecule has 0 saturated heterocycles. The summed E-state index contributed by atoms with van der Waals surface area (Å²) >= 11 is 5.94. The minimum absolute atomic E-state index is 0.148. The van der Waals surface area contributed by atoms with E-state index in [4.69, 9.17) is 11.6 Å². The van der Waals surface area contributed by atoms with Crippen LogP contribution in [0.3, 0.4) is 0 Å². The third-order valence-corrected chi connectivity index (χ3v) is 3.93. The molecule has 0 aromatic heterocycles. The molecule has 1 heterocycles. The molecule has 1 N–H and O–H groups in total. The highest BCUT2D eigenvalue weighted by molar-refractivity contribution is 6.32. The van der Waals surface area contributed by atoms with E-state index in [1.165, 1.54) is 11.1 Å². The molecule has 1 aliphatic heterocycles. The number of fused-ring (bicyclic) bond motifs is 1. The lowest BCUT2D eigenvalue weighted by Crippen LogP contribution is -2.29. The van der Waals surface area contributed by atoms with Gasteiger partial charge in [-0.1, -0.05) is 41.9 Å². The van der Waals surface area contributed by atoms with Crippen molar-refractivity contribution >= 4 is 11.6 Å². The number of phenolic OH excluding ortho intramolecular Hbond substituents is 1. The summed E-state index contributed by atoms with van der Waals surface area (Å²) in [4.78, 5) is 2.41. The zero-order chi connectivity index (χ0) is 13.2.